The molecular weight excluding hydrogens is 278 g/mol. The zero-order valence-electron chi connectivity index (χ0n) is 11.1. The van der Waals surface area contributed by atoms with Crippen molar-refractivity contribution in [3.05, 3.63) is 46.4 Å². The van der Waals surface area contributed by atoms with Gasteiger partial charge in [-0.25, -0.2) is 10.8 Å². The highest BCUT2D eigenvalue weighted by Crippen LogP contribution is 2.30. The molecule has 0 saturated heterocycles. The Balaban J connectivity index is 2.08. The van der Waals surface area contributed by atoms with Gasteiger partial charge in [0.25, 0.3) is 0 Å². The van der Waals surface area contributed by atoms with E-state index in [1.54, 1.807) is 6.07 Å². The third-order valence-electron chi connectivity index (χ3n) is 2.59. The Morgan fingerprint density at radius 3 is 2.76 bits per heavy atom. The maximum atomic E-state index is 10.9. The number of nitrogens with one attached hydrogen (secondary N) is 1. The molecule has 9 nitrogen and oxygen atoms in total. The van der Waals surface area contributed by atoms with Crippen molar-refractivity contribution in [2.45, 2.75) is 6.61 Å². The number of rotatable bonds is 6. The number of methoxy groups -OCH3 is 1. The summed E-state index contributed by atoms with van der Waals surface area (Å²) in [6.07, 6.45) is 2.95. The zero-order chi connectivity index (χ0) is 15.2. The molecule has 0 amide bonds. The minimum absolute atomic E-state index is 0.126. The van der Waals surface area contributed by atoms with E-state index in [2.05, 4.69) is 15.4 Å². The number of hydrogen-bond donors (Lipinski definition) is 2. The smallest absolute Gasteiger partial charge is 0.314 e. The minimum Gasteiger partial charge on any atom is -0.490 e. The molecule has 0 atom stereocenters. The van der Waals surface area contributed by atoms with E-state index in [-0.39, 0.29) is 18.0 Å². The summed E-state index contributed by atoms with van der Waals surface area (Å²) in [5.41, 5.74) is 2.76. The molecule has 0 spiro atoms. The van der Waals surface area contributed by atoms with Crippen LogP contribution < -0.4 is 20.7 Å². The predicted octanol–water partition coefficient (Wildman–Crippen LogP) is 1.26. The van der Waals surface area contributed by atoms with E-state index in [4.69, 9.17) is 15.3 Å². The number of aromatic nitrogens is 2. The molecule has 1 aromatic heterocycles. The highest BCUT2D eigenvalue weighted by Gasteiger charge is 2.15. The maximum Gasteiger partial charge on any atom is 0.314 e. The topological polar surface area (TPSA) is 125 Å². The molecule has 1 heterocycles. The fourth-order valence-electron chi connectivity index (χ4n) is 1.56. The van der Waals surface area contributed by atoms with Crippen LogP contribution in [-0.2, 0) is 6.61 Å². The Bertz CT molecular complexity index is 632. The number of hydrogen-bond acceptors (Lipinski definition) is 8. The van der Waals surface area contributed by atoms with Crippen molar-refractivity contribution >= 4 is 11.5 Å². The molecule has 0 bridgehead atoms. The van der Waals surface area contributed by atoms with Crippen LogP contribution >= 0.6 is 0 Å². The van der Waals surface area contributed by atoms with Crippen LogP contribution in [0.2, 0.25) is 0 Å². The summed E-state index contributed by atoms with van der Waals surface area (Å²) in [4.78, 5) is 18.4. The largest absolute Gasteiger partial charge is 0.490 e. The van der Waals surface area contributed by atoms with Crippen LogP contribution in [0.3, 0.4) is 0 Å². The highest BCUT2D eigenvalue weighted by atomic mass is 16.6. The Morgan fingerprint density at radius 2 is 2.19 bits per heavy atom. The lowest BCUT2D eigenvalue weighted by Crippen LogP contribution is -2.09. The van der Waals surface area contributed by atoms with Gasteiger partial charge in [-0.2, -0.15) is 0 Å². The standard InChI is InChI=1S/C12H13N5O4/c1-20-11-3-2-9(4-10(11)17(18)19)21-7-8-5-15-12(16-13)6-14-8/h2-6H,7,13H2,1H3,(H,15,16). The van der Waals surface area contributed by atoms with Crippen molar-refractivity contribution < 1.29 is 14.4 Å². The summed E-state index contributed by atoms with van der Waals surface area (Å²) >= 11 is 0. The molecular formula is C12H13N5O4. The molecule has 0 aliphatic carbocycles. The molecule has 21 heavy (non-hydrogen) atoms. The zero-order valence-corrected chi connectivity index (χ0v) is 11.1. The van der Waals surface area contributed by atoms with Crippen LogP contribution in [0.1, 0.15) is 5.69 Å². The quantitative estimate of drug-likeness (QED) is 0.463. The first-order chi connectivity index (χ1) is 10.1. The SMILES string of the molecule is COc1ccc(OCc2cnc(NN)cn2)cc1[N+](=O)[O-]. The summed E-state index contributed by atoms with van der Waals surface area (Å²) in [5, 5.41) is 10.9. The van der Waals surface area contributed by atoms with Gasteiger partial charge in [-0.1, -0.05) is 0 Å². The summed E-state index contributed by atoms with van der Waals surface area (Å²) < 4.78 is 10.4. The number of benzene rings is 1. The van der Waals surface area contributed by atoms with Crippen molar-refractivity contribution in [2.24, 2.45) is 5.84 Å². The molecule has 0 aliphatic heterocycles. The number of nitro groups is 1. The van der Waals surface area contributed by atoms with Crippen molar-refractivity contribution in [3.8, 4) is 11.5 Å². The molecule has 2 aromatic rings. The molecule has 1 aromatic carbocycles. The van der Waals surface area contributed by atoms with E-state index >= 15 is 0 Å². The summed E-state index contributed by atoms with van der Waals surface area (Å²) in [6.45, 7) is 0.126. The van der Waals surface area contributed by atoms with Gasteiger partial charge in [0.1, 0.15) is 12.4 Å². The van der Waals surface area contributed by atoms with Gasteiger partial charge in [-0.15, -0.1) is 0 Å². The first-order valence-corrected chi connectivity index (χ1v) is 5.87. The number of nitro benzene ring substituents is 1. The lowest BCUT2D eigenvalue weighted by atomic mass is 10.3. The van der Waals surface area contributed by atoms with E-state index in [1.807, 2.05) is 0 Å². The molecule has 0 fully saturated rings. The second kappa shape index (κ2) is 6.48. The van der Waals surface area contributed by atoms with E-state index in [1.165, 1.54) is 31.6 Å². The number of nitrogens with zero attached hydrogens (tertiary/aromatic N) is 3. The summed E-state index contributed by atoms with van der Waals surface area (Å²) in [7, 11) is 1.37. The number of nitrogens with two attached hydrogens (primary N) is 1. The fraction of sp³-hybridized carbons (Fsp3) is 0.167. The Morgan fingerprint density at radius 1 is 1.38 bits per heavy atom. The number of ether oxygens (including phenoxy) is 2. The predicted molar refractivity (Wildman–Crippen MR) is 73.8 cm³/mol. The molecule has 3 N–H and O–H groups in total. The van der Waals surface area contributed by atoms with E-state index < -0.39 is 4.92 Å². The molecule has 0 radical (unpaired) electrons. The first-order valence-electron chi connectivity index (χ1n) is 5.87. The Kier molecular flexibility index (Phi) is 4.46. The van der Waals surface area contributed by atoms with Gasteiger partial charge in [0.15, 0.2) is 11.6 Å². The average Bonchev–Trinajstić information content (AvgIpc) is 2.53. The Hall–Kier alpha value is -2.94. The summed E-state index contributed by atoms with van der Waals surface area (Å²) in [5.74, 6) is 6.12. The highest BCUT2D eigenvalue weighted by molar-refractivity contribution is 5.50. The molecule has 110 valence electrons. The van der Waals surface area contributed by atoms with Crippen LogP contribution in [0.25, 0.3) is 0 Å². The molecule has 9 heteroatoms. The normalized spacial score (nSPS) is 10.0. The number of hydrazine groups is 1. The Labute approximate surface area is 119 Å². The summed E-state index contributed by atoms with van der Waals surface area (Å²) in [6, 6.07) is 4.34. The van der Waals surface area contributed by atoms with E-state index in [9.17, 15) is 10.1 Å². The van der Waals surface area contributed by atoms with Gasteiger partial charge < -0.3 is 14.9 Å². The van der Waals surface area contributed by atoms with E-state index in [0.29, 0.717) is 17.3 Å². The first kappa shape index (κ1) is 14.5. The monoisotopic (exact) mass is 291 g/mol. The average molecular weight is 291 g/mol. The fourth-order valence-corrected chi connectivity index (χ4v) is 1.56. The molecule has 2 rings (SSSR count). The molecule has 0 unspecified atom stereocenters. The van der Waals surface area contributed by atoms with Gasteiger partial charge in [0.05, 0.1) is 36.2 Å². The third-order valence-corrected chi connectivity index (χ3v) is 2.59. The third kappa shape index (κ3) is 3.54. The van der Waals surface area contributed by atoms with Crippen LogP contribution in [0, 0.1) is 10.1 Å². The van der Waals surface area contributed by atoms with Crippen molar-refractivity contribution in [2.75, 3.05) is 12.5 Å². The van der Waals surface area contributed by atoms with Crippen molar-refractivity contribution in [1.29, 1.82) is 0 Å². The van der Waals surface area contributed by atoms with Gasteiger partial charge in [-0.3, -0.25) is 15.1 Å². The van der Waals surface area contributed by atoms with Crippen LogP contribution in [0.5, 0.6) is 11.5 Å². The van der Waals surface area contributed by atoms with Gasteiger partial charge in [-0.05, 0) is 12.1 Å². The van der Waals surface area contributed by atoms with Gasteiger partial charge >= 0.3 is 5.69 Å². The second-order valence-electron chi connectivity index (χ2n) is 3.92. The number of nitrogen functional groups attached to an aromatic ring is 1. The lowest BCUT2D eigenvalue weighted by molar-refractivity contribution is -0.385. The van der Waals surface area contributed by atoms with Crippen LogP contribution in [-0.4, -0.2) is 22.0 Å². The van der Waals surface area contributed by atoms with Crippen LogP contribution in [0.4, 0.5) is 11.5 Å². The van der Waals surface area contributed by atoms with Crippen molar-refractivity contribution in [1.82, 2.24) is 9.97 Å². The molecule has 0 aliphatic rings. The number of anilines is 1. The second-order valence-corrected chi connectivity index (χ2v) is 3.92. The molecule has 0 saturated carbocycles. The maximum absolute atomic E-state index is 10.9. The van der Waals surface area contributed by atoms with Crippen molar-refractivity contribution in [3.63, 3.8) is 0 Å². The minimum atomic E-state index is -0.535. The van der Waals surface area contributed by atoms with Gasteiger partial charge in [0.2, 0.25) is 0 Å². The van der Waals surface area contributed by atoms with E-state index in [0.717, 1.165) is 0 Å². The van der Waals surface area contributed by atoms with Gasteiger partial charge in [0, 0.05) is 0 Å². The van der Waals surface area contributed by atoms with Crippen LogP contribution in [0.15, 0.2) is 30.6 Å². The lowest BCUT2D eigenvalue weighted by Gasteiger charge is -2.07.